The summed E-state index contributed by atoms with van der Waals surface area (Å²) in [5.74, 6) is 0.0841. The highest BCUT2D eigenvalue weighted by atomic mass is 79.9. The van der Waals surface area contributed by atoms with E-state index in [4.69, 9.17) is 5.21 Å². The molecule has 0 aliphatic rings. The largest absolute Gasteiger partial charge is 0.506 e. The first kappa shape index (κ1) is 12.0. The molecule has 0 spiro atoms. The molecular weight excluding hydrogens is 258 g/mol. The number of nitrogens with zero attached hydrogens (tertiary/aromatic N) is 1. The fraction of sp³-hybridized carbons (Fsp3) is 0.364. The Balaban J connectivity index is 3.36. The number of phenolic OH excluding ortho intramolecular Hbond substituents is 1. The van der Waals surface area contributed by atoms with Gasteiger partial charge in [-0.15, -0.1) is 0 Å². The van der Waals surface area contributed by atoms with Crippen LogP contribution in [-0.2, 0) is 5.41 Å². The number of oxime groups is 1. The number of benzene rings is 1. The van der Waals surface area contributed by atoms with Crippen molar-refractivity contribution in [1.82, 2.24) is 0 Å². The zero-order valence-corrected chi connectivity index (χ0v) is 10.5. The maximum absolute atomic E-state index is 9.67. The van der Waals surface area contributed by atoms with E-state index in [0.717, 1.165) is 5.56 Å². The average molecular weight is 272 g/mol. The van der Waals surface area contributed by atoms with Crippen LogP contribution in [0.5, 0.6) is 5.75 Å². The van der Waals surface area contributed by atoms with E-state index in [2.05, 4.69) is 41.9 Å². The quantitative estimate of drug-likeness (QED) is 0.468. The molecule has 4 heteroatoms. The van der Waals surface area contributed by atoms with E-state index in [1.807, 2.05) is 6.07 Å². The average Bonchev–Trinajstić information content (AvgIpc) is 2.11. The summed E-state index contributed by atoms with van der Waals surface area (Å²) in [6.07, 6.45) is 1.22. The molecule has 0 aromatic heterocycles. The van der Waals surface area contributed by atoms with Crippen LogP contribution in [0.15, 0.2) is 21.8 Å². The number of aromatic hydroxyl groups is 1. The number of hydrogen-bond donors (Lipinski definition) is 2. The van der Waals surface area contributed by atoms with Gasteiger partial charge in [-0.2, -0.15) is 0 Å². The van der Waals surface area contributed by atoms with E-state index in [9.17, 15) is 5.11 Å². The minimum atomic E-state index is -0.0196. The molecule has 82 valence electrons. The molecular formula is C11H14BrNO2. The van der Waals surface area contributed by atoms with Crippen molar-refractivity contribution in [3.8, 4) is 5.75 Å². The van der Waals surface area contributed by atoms with Crippen LogP contribution in [-0.4, -0.2) is 16.5 Å². The first-order valence-electron chi connectivity index (χ1n) is 4.56. The predicted molar refractivity (Wildman–Crippen MR) is 63.9 cm³/mol. The Hall–Kier alpha value is -1.03. The topological polar surface area (TPSA) is 52.8 Å². The van der Waals surface area contributed by atoms with E-state index in [1.165, 1.54) is 6.21 Å². The molecule has 2 N–H and O–H groups in total. The summed E-state index contributed by atoms with van der Waals surface area (Å²) in [6, 6.07) is 3.67. The molecule has 0 aliphatic heterocycles. The molecule has 0 unspecified atom stereocenters. The van der Waals surface area contributed by atoms with Gasteiger partial charge in [-0.05, 0) is 39.0 Å². The summed E-state index contributed by atoms with van der Waals surface area (Å²) >= 11 is 3.27. The summed E-state index contributed by atoms with van der Waals surface area (Å²) in [5.41, 5.74) is 1.53. The van der Waals surface area contributed by atoms with Crippen molar-refractivity contribution in [2.75, 3.05) is 0 Å². The highest BCUT2D eigenvalue weighted by molar-refractivity contribution is 9.10. The number of phenols is 1. The highest BCUT2D eigenvalue weighted by Gasteiger charge is 2.17. The lowest BCUT2D eigenvalue weighted by Gasteiger charge is -2.20. The number of rotatable bonds is 1. The van der Waals surface area contributed by atoms with Crippen molar-refractivity contribution in [2.24, 2.45) is 5.16 Å². The van der Waals surface area contributed by atoms with Crippen LogP contribution in [0.3, 0.4) is 0 Å². The Kier molecular flexibility index (Phi) is 3.39. The highest BCUT2D eigenvalue weighted by Crippen LogP contribution is 2.33. The van der Waals surface area contributed by atoms with Gasteiger partial charge in [-0.1, -0.05) is 25.9 Å². The lowest BCUT2D eigenvalue weighted by Crippen LogP contribution is -2.11. The summed E-state index contributed by atoms with van der Waals surface area (Å²) in [7, 11) is 0. The van der Waals surface area contributed by atoms with Gasteiger partial charge >= 0.3 is 0 Å². The van der Waals surface area contributed by atoms with Gasteiger partial charge in [-0.3, -0.25) is 0 Å². The second kappa shape index (κ2) is 4.23. The monoisotopic (exact) mass is 271 g/mol. The predicted octanol–water partition coefficient (Wildman–Crippen LogP) is 3.26. The van der Waals surface area contributed by atoms with Crippen molar-refractivity contribution in [3.63, 3.8) is 0 Å². The van der Waals surface area contributed by atoms with Gasteiger partial charge < -0.3 is 10.3 Å². The standard InChI is InChI=1S/C11H14BrNO2/c1-11(2,3)8-4-7(6-13-15)10(14)9(12)5-8/h4-6,14-15H,1-3H3. The molecule has 0 saturated heterocycles. The Labute approximate surface area is 97.6 Å². The van der Waals surface area contributed by atoms with Crippen molar-refractivity contribution >= 4 is 22.1 Å². The third-order valence-corrected chi connectivity index (χ3v) is 2.76. The van der Waals surface area contributed by atoms with Gasteiger partial charge in [-0.25, -0.2) is 0 Å². The van der Waals surface area contributed by atoms with Crippen LogP contribution in [0.4, 0.5) is 0 Å². The third kappa shape index (κ3) is 2.72. The SMILES string of the molecule is CC(C)(C)c1cc(Br)c(O)c(C=NO)c1. The van der Waals surface area contributed by atoms with Crippen molar-refractivity contribution in [1.29, 1.82) is 0 Å². The van der Waals surface area contributed by atoms with Crippen LogP contribution in [0.25, 0.3) is 0 Å². The summed E-state index contributed by atoms with van der Waals surface area (Å²) in [6.45, 7) is 6.23. The van der Waals surface area contributed by atoms with E-state index < -0.39 is 0 Å². The Morgan fingerprint density at radius 1 is 1.33 bits per heavy atom. The van der Waals surface area contributed by atoms with Gasteiger partial charge in [0.1, 0.15) is 5.75 Å². The maximum atomic E-state index is 9.67. The van der Waals surface area contributed by atoms with Crippen molar-refractivity contribution in [2.45, 2.75) is 26.2 Å². The minimum Gasteiger partial charge on any atom is -0.506 e. The maximum Gasteiger partial charge on any atom is 0.138 e. The Morgan fingerprint density at radius 3 is 2.40 bits per heavy atom. The second-order valence-electron chi connectivity index (χ2n) is 4.39. The zero-order chi connectivity index (χ0) is 11.6. The molecule has 15 heavy (non-hydrogen) atoms. The molecule has 0 fully saturated rings. The van der Waals surface area contributed by atoms with Gasteiger partial charge in [0.2, 0.25) is 0 Å². The van der Waals surface area contributed by atoms with E-state index >= 15 is 0 Å². The molecule has 0 saturated carbocycles. The van der Waals surface area contributed by atoms with Crippen molar-refractivity contribution < 1.29 is 10.3 Å². The fourth-order valence-corrected chi connectivity index (χ4v) is 1.69. The minimum absolute atomic E-state index is 0.0196. The normalized spacial score (nSPS) is 12.3. The molecule has 0 radical (unpaired) electrons. The molecule has 0 atom stereocenters. The second-order valence-corrected chi connectivity index (χ2v) is 5.24. The Morgan fingerprint density at radius 2 is 1.93 bits per heavy atom. The lowest BCUT2D eigenvalue weighted by atomic mass is 9.86. The number of hydrogen-bond acceptors (Lipinski definition) is 3. The lowest BCUT2D eigenvalue weighted by molar-refractivity contribution is 0.321. The molecule has 1 rings (SSSR count). The van der Waals surface area contributed by atoms with Crippen LogP contribution in [0.1, 0.15) is 31.9 Å². The van der Waals surface area contributed by atoms with E-state index in [0.29, 0.717) is 10.0 Å². The van der Waals surface area contributed by atoms with Gasteiger partial charge in [0.05, 0.1) is 10.7 Å². The van der Waals surface area contributed by atoms with Crippen molar-refractivity contribution in [3.05, 3.63) is 27.7 Å². The van der Waals surface area contributed by atoms with Crippen LogP contribution in [0.2, 0.25) is 0 Å². The van der Waals surface area contributed by atoms with Gasteiger partial charge in [0, 0.05) is 5.56 Å². The molecule has 0 bridgehead atoms. The van der Waals surface area contributed by atoms with E-state index in [-0.39, 0.29) is 11.2 Å². The van der Waals surface area contributed by atoms with E-state index in [1.54, 1.807) is 6.07 Å². The first-order valence-corrected chi connectivity index (χ1v) is 5.36. The molecule has 3 nitrogen and oxygen atoms in total. The summed E-state index contributed by atoms with van der Waals surface area (Å²) < 4.78 is 0.602. The molecule has 1 aromatic carbocycles. The fourth-order valence-electron chi connectivity index (χ4n) is 1.21. The summed E-state index contributed by atoms with van der Waals surface area (Å²) in [4.78, 5) is 0. The van der Waals surface area contributed by atoms with Gasteiger partial charge in [0.15, 0.2) is 0 Å². The molecule has 0 heterocycles. The Bertz CT molecular complexity index is 394. The first-order chi connectivity index (χ1) is 6.86. The molecule has 1 aromatic rings. The van der Waals surface area contributed by atoms with Crippen LogP contribution >= 0.6 is 15.9 Å². The molecule has 0 aliphatic carbocycles. The third-order valence-electron chi connectivity index (χ3n) is 2.16. The zero-order valence-electron chi connectivity index (χ0n) is 8.95. The van der Waals surface area contributed by atoms with Crippen LogP contribution < -0.4 is 0 Å². The number of halogens is 1. The molecule has 0 amide bonds. The summed E-state index contributed by atoms with van der Waals surface area (Å²) in [5, 5.41) is 21.1. The smallest absolute Gasteiger partial charge is 0.138 e. The van der Waals surface area contributed by atoms with Gasteiger partial charge in [0.25, 0.3) is 0 Å². The van der Waals surface area contributed by atoms with Crippen LogP contribution in [0, 0.1) is 0 Å².